The maximum Gasteiger partial charge on any atom is 0.307 e. The van der Waals surface area contributed by atoms with E-state index < -0.39 is 5.97 Å². The van der Waals surface area contributed by atoms with Gasteiger partial charge in [0.2, 0.25) is 11.8 Å². The smallest absolute Gasteiger partial charge is 0.307 e. The van der Waals surface area contributed by atoms with Gasteiger partial charge in [0.25, 0.3) is 0 Å². The molecule has 3 rings (SSSR count). The van der Waals surface area contributed by atoms with Crippen LogP contribution >= 0.6 is 0 Å². The van der Waals surface area contributed by atoms with Gasteiger partial charge in [-0.1, -0.05) is 18.9 Å². The fourth-order valence-electron chi connectivity index (χ4n) is 3.86. The monoisotopic (exact) mass is 375 g/mol. The Morgan fingerprint density at radius 3 is 2.26 bits per heavy atom. The summed E-state index contributed by atoms with van der Waals surface area (Å²) in [6, 6.07) is 5.27. The Bertz CT molecular complexity index is 707. The van der Waals surface area contributed by atoms with Gasteiger partial charge in [0, 0.05) is 6.54 Å². The molecular formula is C20H25NO6. The Labute approximate surface area is 158 Å². The molecule has 2 fully saturated rings. The molecule has 0 unspecified atom stereocenters. The van der Waals surface area contributed by atoms with Crippen molar-refractivity contribution in [1.82, 2.24) is 4.90 Å². The lowest BCUT2D eigenvalue weighted by molar-refractivity contribution is -0.146. The van der Waals surface area contributed by atoms with Gasteiger partial charge in [0.05, 0.1) is 32.5 Å². The van der Waals surface area contributed by atoms with Gasteiger partial charge in [0.15, 0.2) is 11.5 Å². The van der Waals surface area contributed by atoms with E-state index >= 15 is 0 Å². The predicted octanol–water partition coefficient (Wildman–Crippen LogP) is 2.31. The second-order valence-electron chi connectivity index (χ2n) is 6.93. The number of carbonyl (C=O) groups is 3. The van der Waals surface area contributed by atoms with Crippen LogP contribution in [0.15, 0.2) is 18.2 Å². The highest BCUT2D eigenvalue weighted by Crippen LogP contribution is 2.38. The van der Waals surface area contributed by atoms with E-state index in [4.69, 9.17) is 14.2 Å². The summed E-state index contributed by atoms with van der Waals surface area (Å²) in [7, 11) is 3.09. The van der Waals surface area contributed by atoms with Gasteiger partial charge in [-0.25, -0.2) is 0 Å². The van der Waals surface area contributed by atoms with Crippen molar-refractivity contribution >= 4 is 17.8 Å². The Morgan fingerprint density at radius 2 is 1.67 bits per heavy atom. The summed E-state index contributed by atoms with van der Waals surface area (Å²) in [5.41, 5.74) is 0.764. The number of nitrogens with zero attached hydrogens (tertiary/aromatic N) is 1. The third-order valence-corrected chi connectivity index (χ3v) is 5.32. The zero-order valence-corrected chi connectivity index (χ0v) is 15.7. The number of carbonyl (C=O) groups excluding carboxylic acids is 3. The van der Waals surface area contributed by atoms with Crippen LogP contribution in [0.3, 0.4) is 0 Å². The zero-order chi connectivity index (χ0) is 19.4. The minimum atomic E-state index is -0.444. The molecule has 1 aromatic carbocycles. The molecular weight excluding hydrogens is 350 g/mol. The van der Waals surface area contributed by atoms with Crippen LogP contribution in [0.4, 0.5) is 0 Å². The standard InChI is InChI=1S/C20H25NO6/c1-25-16-8-7-13(11-17(16)26-2)12-27-18(22)9-10-21-19(23)14-5-3-4-6-15(14)20(21)24/h7-8,11,14-15H,3-6,9-10,12H2,1-2H3/t14-,15+. The first-order valence-corrected chi connectivity index (χ1v) is 9.27. The second-order valence-corrected chi connectivity index (χ2v) is 6.93. The Morgan fingerprint density at radius 1 is 1.04 bits per heavy atom. The van der Waals surface area contributed by atoms with E-state index in [2.05, 4.69) is 0 Å². The summed E-state index contributed by atoms with van der Waals surface area (Å²) < 4.78 is 15.7. The highest BCUT2D eigenvalue weighted by atomic mass is 16.5. The topological polar surface area (TPSA) is 82.1 Å². The van der Waals surface area contributed by atoms with Crippen molar-refractivity contribution in [3.8, 4) is 11.5 Å². The molecule has 1 heterocycles. The van der Waals surface area contributed by atoms with Crippen LogP contribution in [-0.4, -0.2) is 43.4 Å². The van der Waals surface area contributed by atoms with Gasteiger partial charge in [-0.2, -0.15) is 0 Å². The summed E-state index contributed by atoms with van der Waals surface area (Å²) in [5, 5.41) is 0. The van der Waals surface area contributed by atoms with E-state index in [1.54, 1.807) is 25.3 Å². The van der Waals surface area contributed by atoms with Crippen LogP contribution in [-0.2, 0) is 25.7 Å². The van der Waals surface area contributed by atoms with Crippen molar-refractivity contribution in [2.45, 2.75) is 38.7 Å². The molecule has 1 saturated carbocycles. The predicted molar refractivity (Wildman–Crippen MR) is 96.1 cm³/mol. The number of amides is 2. The number of hydrogen-bond donors (Lipinski definition) is 0. The lowest BCUT2D eigenvalue weighted by Gasteiger charge is -2.19. The van der Waals surface area contributed by atoms with Crippen LogP contribution < -0.4 is 9.47 Å². The second kappa shape index (κ2) is 8.41. The molecule has 1 aromatic rings. The minimum absolute atomic E-state index is 0.00418. The quantitative estimate of drug-likeness (QED) is 0.537. The molecule has 0 spiro atoms. The molecule has 7 nitrogen and oxygen atoms in total. The fourth-order valence-corrected chi connectivity index (χ4v) is 3.86. The summed E-state index contributed by atoms with van der Waals surface area (Å²) in [5.74, 6) is 0.0834. The number of methoxy groups -OCH3 is 2. The molecule has 0 radical (unpaired) electrons. The van der Waals surface area contributed by atoms with Gasteiger partial charge in [-0.3, -0.25) is 19.3 Å². The molecule has 1 aliphatic carbocycles. The number of ether oxygens (including phenoxy) is 3. The van der Waals surface area contributed by atoms with Crippen molar-refractivity contribution in [3.63, 3.8) is 0 Å². The number of hydrogen-bond acceptors (Lipinski definition) is 6. The molecule has 7 heteroatoms. The summed E-state index contributed by atoms with van der Waals surface area (Å²) in [6.07, 6.45) is 3.53. The lowest BCUT2D eigenvalue weighted by Crippen LogP contribution is -2.33. The van der Waals surface area contributed by atoms with Gasteiger partial charge >= 0.3 is 5.97 Å². The third kappa shape index (κ3) is 4.07. The molecule has 2 amide bonds. The summed E-state index contributed by atoms with van der Waals surface area (Å²) in [4.78, 5) is 38.1. The molecule has 27 heavy (non-hydrogen) atoms. The first-order chi connectivity index (χ1) is 13.0. The number of esters is 1. The number of likely N-dealkylation sites (tertiary alicyclic amines) is 1. The number of rotatable bonds is 7. The Kier molecular flexibility index (Phi) is 5.98. The average Bonchev–Trinajstić information content (AvgIpc) is 2.95. The summed E-state index contributed by atoms with van der Waals surface area (Å²) in [6.45, 7) is 0.182. The first kappa shape index (κ1) is 19.2. The Balaban J connectivity index is 1.50. The molecule has 2 aliphatic rings. The van der Waals surface area contributed by atoms with Crippen LogP contribution in [0.25, 0.3) is 0 Å². The molecule has 0 bridgehead atoms. The van der Waals surface area contributed by atoms with Crippen LogP contribution in [0.2, 0.25) is 0 Å². The van der Waals surface area contributed by atoms with Crippen molar-refractivity contribution in [2.24, 2.45) is 11.8 Å². The SMILES string of the molecule is COc1ccc(COC(=O)CCN2C(=O)[C@H]3CCCC[C@H]3C2=O)cc1OC. The molecule has 0 aromatic heterocycles. The minimum Gasteiger partial charge on any atom is -0.493 e. The zero-order valence-electron chi connectivity index (χ0n) is 15.7. The molecule has 1 saturated heterocycles. The van der Waals surface area contributed by atoms with Crippen LogP contribution in [0, 0.1) is 11.8 Å². The lowest BCUT2D eigenvalue weighted by atomic mass is 9.81. The van der Waals surface area contributed by atoms with Gasteiger partial charge in [-0.05, 0) is 30.5 Å². The fraction of sp³-hybridized carbons (Fsp3) is 0.550. The summed E-state index contributed by atoms with van der Waals surface area (Å²) >= 11 is 0. The molecule has 0 N–H and O–H groups in total. The third-order valence-electron chi connectivity index (χ3n) is 5.32. The van der Waals surface area contributed by atoms with E-state index in [1.165, 1.54) is 12.0 Å². The van der Waals surface area contributed by atoms with Crippen molar-refractivity contribution in [2.75, 3.05) is 20.8 Å². The van der Waals surface area contributed by atoms with Crippen LogP contribution in [0.1, 0.15) is 37.7 Å². The van der Waals surface area contributed by atoms with Gasteiger partial charge < -0.3 is 14.2 Å². The largest absolute Gasteiger partial charge is 0.493 e. The van der Waals surface area contributed by atoms with Crippen LogP contribution in [0.5, 0.6) is 11.5 Å². The van der Waals surface area contributed by atoms with Crippen molar-refractivity contribution < 1.29 is 28.6 Å². The van der Waals surface area contributed by atoms with Gasteiger partial charge in [0.1, 0.15) is 6.61 Å². The molecule has 146 valence electrons. The van der Waals surface area contributed by atoms with E-state index in [0.29, 0.717) is 11.5 Å². The normalized spacial score (nSPS) is 21.8. The maximum absolute atomic E-state index is 12.4. The molecule has 1 aliphatic heterocycles. The van der Waals surface area contributed by atoms with Crippen molar-refractivity contribution in [1.29, 1.82) is 0 Å². The Hall–Kier alpha value is -2.57. The first-order valence-electron chi connectivity index (χ1n) is 9.27. The van der Waals surface area contributed by atoms with E-state index in [-0.39, 0.29) is 43.2 Å². The highest BCUT2D eigenvalue weighted by Gasteiger charge is 2.47. The maximum atomic E-state index is 12.4. The van der Waals surface area contributed by atoms with Crippen molar-refractivity contribution in [3.05, 3.63) is 23.8 Å². The van der Waals surface area contributed by atoms with E-state index in [9.17, 15) is 14.4 Å². The number of fused-ring (bicyclic) bond motifs is 1. The van der Waals surface area contributed by atoms with E-state index in [0.717, 1.165) is 31.2 Å². The molecule has 2 atom stereocenters. The van der Waals surface area contributed by atoms with E-state index in [1.807, 2.05) is 0 Å². The number of imide groups is 1. The number of benzene rings is 1. The average molecular weight is 375 g/mol. The van der Waals surface area contributed by atoms with Gasteiger partial charge in [-0.15, -0.1) is 0 Å². The highest BCUT2D eigenvalue weighted by molar-refractivity contribution is 6.05.